The lowest BCUT2D eigenvalue weighted by Gasteiger charge is -2.44. The van der Waals surface area contributed by atoms with Gasteiger partial charge in [0.25, 0.3) is 0 Å². The molecule has 0 saturated heterocycles. The van der Waals surface area contributed by atoms with Crippen LogP contribution in [0.2, 0.25) is 0 Å². The summed E-state index contributed by atoms with van der Waals surface area (Å²) in [6.45, 7) is 16.1. The zero-order valence-electron chi connectivity index (χ0n) is 14.2. The number of nitrogens with zero attached hydrogens (tertiary/aromatic N) is 1. The first-order valence-corrected chi connectivity index (χ1v) is 8.52. The van der Waals surface area contributed by atoms with Gasteiger partial charge >= 0.3 is 0 Å². The SMILES string of the molecule is CCCC[N+](CCCC)(CCCC)C(C)CCC.[OH-]. The molecule has 0 saturated carbocycles. The highest BCUT2D eigenvalue weighted by atomic mass is 16.0. The Morgan fingerprint density at radius 1 is 0.684 bits per heavy atom. The summed E-state index contributed by atoms with van der Waals surface area (Å²) in [5.41, 5.74) is 0. The van der Waals surface area contributed by atoms with Gasteiger partial charge in [0, 0.05) is 0 Å². The van der Waals surface area contributed by atoms with Crippen LogP contribution < -0.4 is 0 Å². The van der Waals surface area contributed by atoms with Gasteiger partial charge in [-0.15, -0.1) is 0 Å². The van der Waals surface area contributed by atoms with Crippen LogP contribution in [-0.4, -0.2) is 35.6 Å². The van der Waals surface area contributed by atoms with Crippen LogP contribution in [0.15, 0.2) is 0 Å². The molecule has 0 aromatic carbocycles. The first kappa shape index (κ1) is 21.2. The van der Waals surface area contributed by atoms with Crippen molar-refractivity contribution in [2.24, 2.45) is 0 Å². The third kappa shape index (κ3) is 7.94. The van der Waals surface area contributed by atoms with Gasteiger partial charge in [0.2, 0.25) is 0 Å². The molecule has 0 rings (SSSR count). The monoisotopic (exact) mass is 273 g/mol. The van der Waals surface area contributed by atoms with Gasteiger partial charge in [0.15, 0.2) is 0 Å². The maximum absolute atomic E-state index is 2.50. The van der Waals surface area contributed by atoms with E-state index in [1.54, 1.807) is 0 Å². The largest absolute Gasteiger partial charge is 0.870 e. The molecule has 0 aliphatic rings. The second-order valence-electron chi connectivity index (χ2n) is 6.09. The van der Waals surface area contributed by atoms with Crippen LogP contribution in [0.3, 0.4) is 0 Å². The Balaban J connectivity index is 0. The molecule has 0 aromatic rings. The smallest absolute Gasteiger partial charge is 0.0861 e. The van der Waals surface area contributed by atoms with E-state index in [0.29, 0.717) is 0 Å². The predicted octanol–water partition coefficient (Wildman–Crippen LogP) is 5.22. The van der Waals surface area contributed by atoms with E-state index in [-0.39, 0.29) is 5.48 Å². The van der Waals surface area contributed by atoms with E-state index in [0.717, 1.165) is 6.04 Å². The summed E-state index contributed by atoms with van der Waals surface area (Å²) >= 11 is 0. The van der Waals surface area contributed by atoms with E-state index < -0.39 is 0 Å². The fraction of sp³-hybridized carbons (Fsp3) is 1.00. The average molecular weight is 274 g/mol. The maximum atomic E-state index is 2.50. The summed E-state index contributed by atoms with van der Waals surface area (Å²) < 4.78 is 1.41. The summed E-state index contributed by atoms with van der Waals surface area (Å²) in [5.74, 6) is 0. The van der Waals surface area contributed by atoms with Crippen molar-refractivity contribution in [1.29, 1.82) is 0 Å². The normalized spacial score (nSPS) is 13.1. The molecule has 2 heteroatoms. The molecular weight excluding hydrogens is 234 g/mol. The Morgan fingerprint density at radius 2 is 1.05 bits per heavy atom. The van der Waals surface area contributed by atoms with Crippen LogP contribution in [0.4, 0.5) is 0 Å². The molecule has 1 N–H and O–H groups in total. The highest BCUT2D eigenvalue weighted by molar-refractivity contribution is 4.57. The molecule has 1 atom stereocenters. The van der Waals surface area contributed by atoms with Gasteiger partial charge in [-0.1, -0.05) is 53.4 Å². The van der Waals surface area contributed by atoms with E-state index in [9.17, 15) is 0 Å². The fourth-order valence-corrected chi connectivity index (χ4v) is 3.11. The first-order valence-electron chi connectivity index (χ1n) is 8.52. The quantitative estimate of drug-likeness (QED) is 0.449. The van der Waals surface area contributed by atoms with E-state index in [1.807, 2.05) is 0 Å². The Kier molecular flexibility index (Phi) is 14.4. The predicted molar refractivity (Wildman–Crippen MR) is 85.9 cm³/mol. The summed E-state index contributed by atoms with van der Waals surface area (Å²) in [6, 6.07) is 0.861. The number of unbranched alkanes of at least 4 members (excludes halogenated alkanes) is 3. The number of quaternary nitrogens is 1. The minimum Gasteiger partial charge on any atom is -0.870 e. The van der Waals surface area contributed by atoms with Crippen molar-refractivity contribution < 1.29 is 9.96 Å². The standard InChI is InChI=1S/C17H38N.H2O/c1-6-10-14-18(15-11-7-2,16-12-8-3)17(5)13-9-4;/h17H,6-16H2,1-5H3;1H2/q+1;/p-1. The average Bonchev–Trinajstić information content (AvgIpc) is 2.38. The van der Waals surface area contributed by atoms with Crippen LogP contribution in [0, 0.1) is 0 Å². The summed E-state index contributed by atoms with van der Waals surface area (Å²) in [7, 11) is 0. The molecule has 0 amide bonds. The minimum atomic E-state index is 0. The van der Waals surface area contributed by atoms with Gasteiger partial charge in [-0.3, -0.25) is 0 Å². The van der Waals surface area contributed by atoms with E-state index in [4.69, 9.17) is 0 Å². The van der Waals surface area contributed by atoms with Gasteiger partial charge in [0.05, 0.1) is 25.7 Å². The second kappa shape index (κ2) is 12.9. The van der Waals surface area contributed by atoms with Crippen LogP contribution in [0.5, 0.6) is 0 Å². The van der Waals surface area contributed by atoms with E-state index >= 15 is 0 Å². The van der Waals surface area contributed by atoms with Crippen molar-refractivity contribution in [1.82, 2.24) is 0 Å². The van der Waals surface area contributed by atoms with Crippen molar-refractivity contribution >= 4 is 0 Å². The summed E-state index contributed by atoms with van der Waals surface area (Å²) in [4.78, 5) is 0. The molecular formula is C17H39NO. The molecule has 0 radical (unpaired) electrons. The van der Waals surface area contributed by atoms with Crippen molar-refractivity contribution in [2.75, 3.05) is 19.6 Å². The van der Waals surface area contributed by atoms with Crippen LogP contribution in [0.25, 0.3) is 0 Å². The van der Waals surface area contributed by atoms with Gasteiger partial charge in [-0.2, -0.15) is 0 Å². The Labute approximate surface area is 122 Å². The summed E-state index contributed by atoms with van der Waals surface area (Å²) in [5, 5.41) is 0. The number of hydrogen-bond acceptors (Lipinski definition) is 1. The lowest BCUT2D eigenvalue weighted by molar-refractivity contribution is -0.950. The van der Waals surface area contributed by atoms with Crippen molar-refractivity contribution in [3.63, 3.8) is 0 Å². The lowest BCUT2D eigenvalue weighted by Crippen LogP contribution is -2.56. The van der Waals surface area contributed by atoms with Crippen LogP contribution in [0.1, 0.15) is 86.0 Å². The maximum Gasteiger partial charge on any atom is 0.0861 e. The summed E-state index contributed by atoms with van der Waals surface area (Å²) in [6.07, 6.45) is 11.0. The molecule has 0 aliphatic carbocycles. The molecule has 0 heterocycles. The van der Waals surface area contributed by atoms with Gasteiger partial charge < -0.3 is 9.96 Å². The third-order valence-electron chi connectivity index (χ3n) is 4.51. The molecule has 0 spiro atoms. The molecule has 118 valence electrons. The molecule has 1 unspecified atom stereocenters. The Hall–Kier alpha value is -0.0800. The number of hydrogen-bond donors (Lipinski definition) is 0. The molecule has 0 bridgehead atoms. The second-order valence-corrected chi connectivity index (χ2v) is 6.09. The van der Waals surface area contributed by atoms with Crippen molar-refractivity contribution in [3.8, 4) is 0 Å². The fourth-order valence-electron chi connectivity index (χ4n) is 3.11. The van der Waals surface area contributed by atoms with Gasteiger partial charge in [0.1, 0.15) is 0 Å². The number of rotatable bonds is 12. The zero-order valence-corrected chi connectivity index (χ0v) is 14.2. The minimum absolute atomic E-state index is 0. The van der Waals surface area contributed by atoms with E-state index in [1.165, 1.54) is 75.5 Å². The van der Waals surface area contributed by atoms with E-state index in [2.05, 4.69) is 34.6 Å². The topological polar surface area (TPSA) is 30.0 Å². The van der Waals surface area contributed by atoms with Crippen LogP contribution >= 0.6 is 0 Å². The van der Waals surface area contributed by atoms with Gasteiger partial charge in [-0.25, -0.2) is 0 Å². The molecule has 0 fully saturated rings. The Bertz CT molecular complexity index is 160. The van der Waals surface area contributed by atoms with Gasteiger partial charge in [-0.05, 0) is 32.6 Å². The Morgan fingerprint density at radius 3 is 1.32 bits per heavy atom. The van der Waals surface area contributed by atoms with Crippen LogP contribution in [-0.2, 0) is 0 Å². The molecule has 0 aliphatic heterocycles. The zero-order chi connectivity index (χ0) is 13.9. The highest BCUT2D eigenvalue weighted by Gasteiger charge is 2.31. The first-order chi connectivity index (χ1) is 8.66. The third-order valence-corrected chi connectivity index (χ3v) is 4.51. The van der Waals surface area contributed by atoms with Crippen molar-refractivity contribution in [2.45, 2.75) is 92.0 Å². The molecule has 2 nitrogen and oxygen atoms in total. The van der Waals surface area contributed by atoms with Crippen molar-refractivity contribution in [3.05, 3.63) is 0 Å². The highest BCUT2D eigenvalue weighted by Crippen LogP contribution is 2.22. The molecule has 19 heavy (non-hydrogen) atoms. The molecule has 0 aromatic heterocycles. The lowest BCUT2D eigenvalue weighted by atomic mass is 10.0.